The van der Waals surface area contributed by atoms with Crippen LogP contribution in [-0.2, 0) is 17.6 Å². The van der Waals surface area contributed by atoms with Gasteiger partial charge in [-0.25, -0.2) is 4.79 Å². The summed E-state index contributed by atoms with van der Waals surface area (Å²) >= 11 is 0. The summed E-state index contributed by atoms with van der Waals surface area (Å²) in [5.74, 6) is 0.231. The molecular weight excluding hydrogens is 400 g/mol. The monoisotopic (exact) mass is 428 g/mol. The van der Waals surface area contributed by atoms with Crippen LogP contribution in [0.5, 0.6) is 5.75 Å². The molecule has 32 heavy (non-hydrogen) atoms. The quantitative estimate of drug-likeness (QED) is 0.458. The molecule has 1 heterocycles. The predicted octanol–water partition coefficient (Wildman–Crippen LogP) is 3.88. The van der Waals surface area contributed by atoms with Crippen LogP contribution in [0.4, 0.5) is 0 Å². The molecule has 1 aliphatic heterocycles. The Bertz CT molecular complexity index is 1040. The molecule has 164 valence electrons. The van der Waals surface area contributed by atoms with Crippen molar-refractivity contribution in [2.75, 3.05) is 19.6 Å². The number of benzene rings is 3. The molecule has 0 unspecified atom stereocenters. The molecule has 0 aromatic heterocycles. The molecule has 0 radical (unpaired) electrons. The van der Waals surface area contributed by atoms with Crippen molar-refractivity contribution in [3.8, 4) is 5.75 Å². The number of amides is 1. The van der Waals surface area contributed by atoms with E-state index >= 15 is 0 Å². The van der Waals surface area contributed by atoms with Crippen LogP contribution in [0.15, 0.2) is 84.9 Å². The summed E-state index contributed by atoms with van der Waals surface area (Å²) in [6.07, 6.45) is 1.70. The number of hydrogen-bond acceptors (Lipinski definition) is 4. The van der Waals surface area contributed by atoms with E-state index in [-0.39, 0.29) is 11.9 Å². The highest BCUT2D eigenvalue weighted by atomic mass is 16.5. The summed E-state index contributed by atoms with van der Waals surface area (Å²) in [5, 5.41) is 3.41. The molecule has 0 aliphatic carbocycles. The molecule has 1 amide bonds. The first-order valence-electron chi connectivity index (χ1n) is 11.1. The Morgan fingerprint density at radius 3 is 2.38 bits per heavy atom. The number of carbonyl (C=O) groups is 2. The number of ether oxygens (including phenoxy) is 1. The van der Waals surface area contributed by atoms with Crippen molar-refractivity contribution in [2.45, 2.75) is 25.3 Å². The lowest BCUT2D eigenvalue weighted by Crippen LogP contribution is -2.54. The summed E-state index contributed by atoms with van der Waals surface area (Å²) in [5.41, 5.74) is 2.56. The summed E-state index contributed by atoms with van der Waals surface area (Å²) in [7, 11) is 0. The van der Waals surface area contributed by atoms with Crippen LogP contribution < -0.4 is 10.1 Å². The maximum absolute atomic E-state index is 13.1. The first kappa shape index (κ1) is 21.8. The van der Waals surface area contributed by atoms with Gasteiger partial charge in [-0.3, -0.25) is 4.79 Å². The summed E-state index contributed by atoms with van der Waals surface area (Å²) < 4.78 is 5.51. The van der Waals surface area contributed by atoms with Gasteiger partial charge in [0, 0.05) is 32.1 Å². The van der Waals surface area contributed by atoms with Crippen molar-refractivity contribution < 1.29 is 14.3 Å². The molecule has 4 rings (SSSR count). The van der Waals surface area contributed by atoms with E-state index in [2.05, 4.69) is 17.4 Å². The van der Waals surface area contributed by atoms with Gasteiger partial charge >= 0.3 is 5.97 Å². The number of rotatable bonds is 7. The highest BCUT2D eigenvalue weighted by Gasteiger charge is 2.26. The molecule has 3 aromatic carbocycles. The van der Waals surface area contributed by atoms with Gasteiger partial charge < -0.3 is 15.0 Å². The second kappa shape index (κ2) is 10.7. The zero-order chi connectivity index (χ0) is 22.2. The van der Waals surface area contributed by atoms with E-state index in [9.17, 15) is 9.59 Å². The Kier molecular flexibility index (Phi) is 7.31. The van der Waals surface area contributed by atoms with Gasteiger partial charge in [-0.1, -0.05) is 66.7 Å². The normalized spacial score (nSPS) is 15.9. The Morgan fingerprint density at radius 2 is 1.59 bits per heavy atom. The average molecular weight is 429 g/mol. The van der Waals surface area contributed by atoms with E-state index in [0.29, 0.717) is 30.7 Å². The van der Waals surface area contributed by atoms with Crippen molar-refractivity contribution >= 4 is 11.9 Å². The third-order valence-electron chi connectivity index (χ3n) is 5.78. The van der Waals surface area contributed by atoms with Gasteiger partial charge in [0.05, 0.1) is 5.56 Å². The van der Waals surface area contributed by atoms with Gasteiger partial charge in [-0.15, -0.1) is 0 Å². The van der Waals surface area contributed by atoms with Crippen LogP contribution in [0, 0.1) is 0 Å². The van der Waals surface area contributed by atoms with Gasteiger partial charge in [0.25, 0.3) is 0 Å². The molecule has 1 fully saturated rings. The van der Waals surface area contributed by atoms with Crippen molar-refractivity contribution in [1.29, 1.82) is 0 Å². The Morgan fingerprint density at radius 1 is 0.906 bits per heavy atom. The number of nitrogens with zero attached hydrogens (tertiary/aromatic N) is 1. The van der Waals surface area contributed by atoms with E-state index in [0.717, 1.165) is 25.1 Å². The Hall–Kier alpha value is -3.44. The number of hydrogen-bond donors (Lipinski definition) is 1. The largest absolute Gasteiger partial charge is 0.423 e. The van der Waals surface area contributed by atoms with Gasteiger partial charge in [-0.05, 0) is 42.2 Å². The highest BCUT2D eigenvalue weighted by molar-refractivity contribution is 5.92. The van der Waals surface area contributed by atoms with Crippen LogP contribution in [0.25, 0.3) is 0 Å². The highest BCUT2D eigenvalue weighted by Crippen LogP contribution is 2.18. The number of piperazine rings is 1. The van der Waals surface area contributed by atoms with Gasteiger partial charge in [0.1, 0.15) is 5.75 Å². The summed E-state index contributed by atoms with van der Waals surface area (Å²) in [6, 6.07) is 26.8. The fraction of sp³-hybridized carbons (Fsp3) is 0.259. The molecule has 1 aliphatic rings. The lowest BCUT2D eigenvalue weighted by Gasteiger charge is -2.36. The van der Waals surface area contributed by atoms with E-state index in [1.165, 1.54) is 5.56 Å². The number of para-hydroxylation sites is 1. The Balaban J connectivity index is 1.40. The lowest BCUT2D eigenvalue weighted by atomic mass is 10.00. The minimum atomic E-state index is -0.400. The van der Waals surface area contributed by atoms with E-state index in [1.54, 1.807) is 18.2 Å². The van der Waals surface area contributed by atoms with E-state index in [4.69, 9.17) is 4.74 Å². The topological polar surface area (TPSA) is 58.6 Å². The van der Waals surface area contributed by atoms with Gasteiger partial charge in [-0.2, -0.15) is 0 Å². The van der Waals surface area contributed by atoms with Crippen molar-refractivity contribution in [2.24, 2.45) is 0 Å². The van der Waals surface area contributed by atoms with Crippen molar-refractivity contribution in [3.63, 3.8) is 0 Å². The molecule has 5 nitrogen and oxygen atoms in total. The molecule has 5 heteroatoms. The van der Waals surface area contributed by atoms with Crippen molar-refractivity contribution in [1.82, 2.24) is 10.2 Å². The molecular formula is C27H28N2O3. The second-order valence-electron chi connectivity index (χ2n) is 7.99. The van der Waals surface area contributed by atoms with Crippen LogP contribution in [0.1, 0.15) is 27.9 Å². The van der Waals surface area contributed by atoms with Gasteiger partial charge in [0.15, 0.2) is 0 Å². The van der Waals surface area contributed by atoms with Crippen molar-refractivity contribution in [3.05, 3.63) is 102 Å². The lowest BCUT2D eigenvalue weighted by molar-refractivity contribution is -0.134. The fourth-order valence-electron chi connectivity index (χ4n) is 4.13. The van der Waals surface area contributed by atoms with Gasteiger partial charge in [0.2, 0.25) is 5.91 Å². The third kappa shape index (κ3) is 5.62. The van der Waals surface area contributed by atoms with Crippen LogP contribution in [0.2, 0.25) is 0 Å². The number of aryl methyl sites for hydroxylation is 1. The third-order valence-corrected chi connectivity index (χ3v) is 5.78. The summed E-state index contributed by atoms with van der Waals surface area (Å²) in [4.78, 5) is 27.8. The zero-order valence-electron chi connectivity index (χ0n) is 18.1. The minimum absolute atomic E-state index is 0.124. The molecule has 0 spiro atoms. The fourth-order valence-corrected chi connectivity index (χ4v) is 4.13. The number of esters is 1. The molecule has 1 saturated heterocycles. The van der Waals surface area contributed by atoms with Crippen LogP contribution >= 0.6 is 0 Å². The van der Waals surface area contributed by atoms with E-state index in [1.807, 2.05) is 59.5 Å². The van der Waals surface area contributed by atoms with E-state index < -0.39 is 5.97 Å². The molecule has 0 saturated carbocycles. The first-order chi connectivity index (χ1) is 15.7. The molecule has 1 atom stereocenters. The minimum Gasteiger partial charge on any atom is -0.423 e. The Labute approximate surface area is 189 Å². The average Bonchev–Trinajstić information content (AvgIpc) is 2.84. The number of nitrogens with one attached hydrogen (secondary N) is 1. The second-order valence-corrected chi connectivity index (χ2v) is 7.99. The first-order valence-corrected chi connectivity index (χ1v) is 11.1. The summed E-state index contributed by atoms with van der Waals surface area (Å²) in [6.45, 7) is 2.30. The maximum Gasteiger partial charge on any atom is 0.343 e. The molecule has 0 bridgehead atoms. The molecule has 3 aromatic rings. The van der Waals surface area contributed by atoms with Crippen LogP contribution in [-0.4, -0.2) is 42.5 Å². The maximum atomic E-state index is 13.1. The van der Waals surface area contributed by atoms with Crippen LogP contribution in [0.3, 0.4) is 0 Å². The smallest absolute Gasteiger partial charge is 0.343 e. The zero-order valence-corrected chi connectivity index (χ0v) is 18.1. The number of carbonyl (C=O) groups excluding carboxylic acids is 2. The molecule has 1 N–H and O–H groups in total. The standard InChI is InChI=1S/C27H28N2O3/c30-26(29-18-17-28-20-23(29)19-21-9-3-1-4-10-21)16-15-22-11-7-8-14-25(22)27(31)32-24-12-5-2-6-13-24/h1-14,23,28H,15-20H2/t23-/m1/s1. The SMILES string of the molecule is O=C(Oc1ccccc1)c1ccccc1CCC(=O)N1CCNC[C@H]1Cc1ccccc1. The predicted molar refractivity (Wildman–Crippen MR) is 125 cm³/mol.